The van der Waals surface area contributed by atoms with E-state index in [4.69, 9.17) is 10.3 Å². The third kappa shape index (κ3) is 1.75. The van der Waals surface area contributed by atoms with E-state index in [9.17, 15) is 0 Å². The van der Waals surface area contributed by atoms with Crippen LogP contribution in [0.1, 0.15) is 5.56 Å². The normalized spacial score (nSPS) is 10.7. The molecule has 18 heavy (non-hydrogen) atoms. The number of H-pyrrole nitrogens is 1. The molecule has 3 N–H and O–H groups in total. The van der Waals surface area contributed by atoms with Gasteiger partial charge in [-0.05, 0) is 42.8 Å². The largest absolute Gasteiger partial charge is 0.399 e. The van der Waals surface area contributed by atoms with Crippen LogP contribution in [0.3, 0.4) is 0 Å². The lowest BCUT2D eigenvalue weighted by molar-refractivity contribution is 0.432. The van der Waals surface area contributed by atoms with Gasteiger partial charge in [-0.1, -0.05) is 5.16 Å². The Balaban J connectivity index is 2.00. The second-order valence-electron chi connectivity index (χ2n) is 4.08. The Kier molecular flexibility index (Phi) is 2.37. The zero-order chi connectivity index (χ0) is 12.5. The maximum absolute atomic E-state index is 5.78. The lowest BCUT2D eigenvalue weighted by Crippen LogP contribution is -1.89. The minimum Gasteiger partial charge on any atom is -0.399 e. The van der Waals surface area contributed by atoms with E-state index in [1.165, 1.54) is 0 Å². The Morgan fingerprint density at radius 3 is 2.89 bits per heavy atom. The summed E-state index contributed by atoms with van der Waals surface area (Å²) in [4.78, 5) is 7.38. The highest BCUT2D eigenvalue weighted by Crippen LogP contribution is 2.24. The summed E-state index contributed by atoms with van der Waals surface area (Å²) < 4.78 is 5.25. The summed E-state index contributed by atoms with van der Waals surface area (Å²) in [6.07, 6.45) is 1.82. The zero-order valence-electron chi connectivity index (χ0n) is 9.84. The van der Waals surface area contributed by atoms with Crippen LogP contribution in [0.25, 0.3) is 23.0 Å². The van der Waals surface area contributed by atoms with Crippen LogP contribution < -0.4 is 5.73 Å². The first-order valence-electron chi connectivity index (χ1n) is 5.58. The van der Waals surface area contributed by atoms with E-state index in [1.54, 1.807) is 0 Å². The van der Waals surface area contributed by atoms with Crippen molar-refractivity contribution in [2.75, 3.05) is 5.73 Å². The van der Waals surface area contributed by atoms with Crippen molar-refractivity contribution in [2.45, 2.75) is 6.92 Å². The molecule has 3 rings (SSSR count). The fourth-order valence-electron chi connectivity index (χ4n) is 1.73. The number of aromatic nitrogens is 3. The Morgan fingerprint density at radius 2 is 2.17 bits per heavy atom. The van der Waals surface area contributed by atoms with Gasteiger partial charge in [0.1, 0.15) is 0 Å². The van der Waals surface area contributed by atoms with Crippen LogP contribution in [0.4, 0.5) is 5.69 Å². The van der Waals surface area contributed by atoms with Crippen molar-refractivity contribution in [3.8, 4) is 23.0 Å². The van der Waals surface area contributed by atoms with Crippen molar-refractivity contribution in [3.05, 3.63) is 42.1 Å². The highest BCUT2D eigenvalue weighted by molar-refractivity contribution is 5.62. The quantitative estimate of drug-likeness (QED) is 0.675. The molecule has 0 unspecified atom stereocenters. The van der Waals surface area contributed by atoms with Gasteiger partial charge in [-0.25, -0.2) is 0 Å². The predicted octanol–water partition coefficient (Wildman–Crippen LogP) is 2.62. The van der Waals surface area contributed by atoms with Crippen molar-refractivity contribution < 1.29 is 4.52 Å². The van der Waals surface area contributed by atoms with Gasteiger partial charge in [0.25, 0.3) is 5.89 Å². The molecule has 0 radical (unpaired) electrons. The highest BCUT2D eigenvalue weighted by Gasteiger charge is 2.11. The average molecular weight is 240 g/mol. The van der Waals surface area contributed by atoms with Crippen molar-refractivity contribution in [3.63, 3.8) is 0 Å². The molecule has 0 fully saturated rings. The van der Waals surface area contributed by atoms with Gasteiger partial charge in [0.2, 0.25) is 5.82 Å². The zero-order valence-corrected chi connectivity index (χ0v) is 9.84. The molecule has 3 aromatic rings. The molecule has 1 aromatic carbocycles. The van der Waals surface area contributed by atoms with Crippen LogP contribution >= 0.6 is 0 Å². The summed E-state index contributed by atoms with van der Waals surface area (Å²) in [5, 5.41) is 3.94. The van der Waals surface area contributed by atoms with Gasteiger partial charge in [-0.15, -0.1) is 0 Å². The molecular weight excluding hydrogens is 228 g/mol. The third-order valence-electron chi connectivity index (χ3n) is 2.78. The van der Waals surface area contributed by atoms with Gasteiger partial charge in [0.15, 0.2) is 0 Å². The summed E-state index contributed by atoms with van der Waals surface area (Å²) >= 11 is 0. The predicted molar refractivity (Wildman–Crippen MR) is 68.7 cm³/mol. The first kappa shape index (κ1) is 10.6. The summed E-state index contributed by atoms with van der Waals surface area (Å²) in [6, 6.07) is 9.42. The Hall–Kier alpha value is -2.56. The number of nitrogens with one attached hydrogen (secondary N) is 1. The number of anilines is 1. The van der Waals surface area contributed by atoms with Crippen LogP contribution in [0, 0.1) is 6.92 Å². The minimum absolute atomic E-state index is 0.489. The molecular formula is C13H12N4O. The van der Waals surface area contributed by atoms with Gasteiger partial charge < -0.3 is 15.2 Å². The molecule has 0 aliphatic carbocycles. The SMILES string of the molecule is Cc1cc(-c2nc(-c3ccc[nH]3)no2)ccc1N. The van der Waals surface area contributed by atoms with Crippen LogP contribution in [0.2, 0.25) is 0 Å². The standard InChI is InChI=1S/C13H12N4O/c1-8-7-9(4-5-10(8)14)13-16-12(17-18-13)11-3-2-6-15-11/h2-7,15H,14H2,1H3. The van der Waals surface area contributed by atoms with Gasteiger partial charge in [-0.2, -0.15) is 4.98 Å². The van der Waals surface area contributed by atoms with Crippen LogP contribution in [0.5, 0.6) is 0 Å². The number of nitrogens with zero attached hydrogens (tertiary/aromatic N) is 2. The first-order valence-corrected chi connectivity index (χ1v) is 5.58. The summed E-state index contributed by atoms with van der Waals surface area (Å²) in [7, 11) is 0. The first-order chi connectivity index (χ1) is 8.74. The topological polar surface area (TPSA) is 80.7 Å². The van der Waals surface area contributed by atoms with E-state index < -0.39 is 0 Å². The van der Waals surface area contributed by atoms with Crippen LogP contribution in [-0.4, -0.2) is 15.1 Å². The van der Waals surface area contributed by atoms with Crippen molar-refractivity contribution in [2.24, 2.45) is 0 Å². The van der Waals surface area contributed by atoms with Crippen LogP contribution in [0.15, 0.2) is 41.1 Å². The lowest BCUT2D eigenvalue weighted by Gasteiger charge is -2.00. The maximum Gasteiger partial charge on any atom is 0.258 e. The van der Waals surface area contributed by atoms with E-state index in [-0.39, 0.29) is 0 Å². The van der Waals surface area contributed by atoms with E-state index in [0.29, 0.717) is 11.7 Å². The Morgan fingerprint density at radius 1 is 1.28 bits per heavy atom. The summed E-state index contributed by atoms with van der Waals surface area (Å²) in [6.45, 7) is 1.95. The fourth-order valence-corrected chi connectivity index (χ4v) is 1.73. The number of aryl methyl sites for hydroxylation is 1. The summed E-state index contributed by atoms with van der Waals surface area (Å²) in [5.74, 6) is 1.03. The number of hydrogen-bond donors (Lipinski definition) is 2. The smallest absolute Gasteiger partial charge is 0.258 e. The highest BCUT2D eigenvalue weighted by atomic mass is 16.5. The molecule has 2 heterocycles. The number of nitrogens with two attached hydrogens (primary N) is 1. The Bertz CT molecular complexity index is 670. The molecule has 0 bridgehead atoms. The van der Waals surface area contributed by atoms with E-state index in [0.717, 1.165) is 22.5 Å². The maximum atomic E-state index is 5.78. The number of nitrogen functional groups attached to an aromatic ring is 1. The summed E-state index contributed by atoms with van der Waals surface area (Å²) in [5.41, 5.74) is 9.22. The number of benzene rings is 1. The fraction of sp³-hybridized carbons (Fsp3) is 0.0769. The van der Waals surface area contributed by atoms with Crippen molar-refractivity contribution in [1.29, 1.82) is 0 Å². The van der Waals surface area contributed by atoms with E-state index in [1.807, 2.05) is 43.5 Å². The Labute approximate surface area is 104 Å². The van der Waals surface area contributed by atoms with Gasteiger partial charge in [0.05, 0.1) is 5.69 Å². The van der Waals surface area contributed by atoms with Gasteiger partial charge >= 0.3 is 0 Å². The molecule has 0 amide bonds. The molecule has 5 heteroatoms. The van der Waals surface area contributed by atoms with E-state index in [2.05, 4.69) is 15.1 Å². The number of rotatable bonds is 2. The third-order valence-corrected chi connectivity index (χ3v) is 2.78. The molecule has 0 spiro atoms. The molecule has 0 aliphatic heterocycles. The molecule has 0 saturated carbocycles. The van der Waals surface area contributed by atoms with Gasteiger partial charge in [0, 0.05) is 17.4 Å². The van der Waals surface area contributed by atoms with Crippen molar-refractivity contribution in [1.82, 2.24) is 15.1 Å². The second kappa shape index (κ2) is 4.03. The minimum atomic E-state index is 0.489. The molecule has 0 aliphatic rings. The number of aromatic amines is 1. The lowest BCUT2D eigenvalue weighted by atomic mass is 10.1. The average Bonchev–Trinajstić information content (AvgIpc) is 3.01. The molecule has 5 nitrogen and oxygen atoms in total. The molecule has 0 atom stereocenters. The molecule has 90 valence electrons. The molecule has 0 saturated heterocycles. The number of hydrogen-bond acceptors (Lipinski definition) is 4. The molecule has 2 aromatic heterocycles. The van der Waals surface area contributed by atoms with Crippen LogP contribution in [-0.2, 0) is 0 Å². The second-order valence-corrected chi connectivity index (χ2v) is 4.08. The van der Waals surface area contributed by atoms with Crippen molar-refractivity contribution >= 4 is 5.69 Å². The monoisotopic (exact) mass is 240 g/mol. The van der Waals surface area contributed by atoms with Gasteiger partial charge in [-0.3, -0.25) is 0 Å². The van der Waals surface area contributed by atoms with E-state index >= 15 is 0 Å².